The molecule has 0 aliphatic carbocycles. The maximum atomic E-state index is 11.4. The van der Waals surface area contributed by atoms with Gasteiger partial charge in [-0.05, 0) is 6.42 Å². The quantitative estimate of drug-likeness (QED) is 0.638. The molecule has 84 valence electrons. The molecule has 1 aliphatic rings. The van der Waals surface area contributed by atoms with Gasteiger partial charge < -0.3 is 4.90 Å². The fourth-order valence-electron chi connectivity index (χ4n) is 1.06. The van der Waals surface area contributed by atoms with Gasteiger partial charge in [-0.2, -0.15) is 9.90 Å². The molecule has 0 aromatic rings. The molecule has 0 N–H and O–H groups in total. The number of nitrogens with zero attached hydrogens (tertiary/aromatic N) is 2. The van der Waals surface area contributed by atoms with Crippen LogP contribution in [0.5, 0.6) is 0 Å². The predicted molar refractivity (Wildman–Crippen MR) is 58.8 cm³/mol. The molecule has 0 spiro atoms. The van der Waals surface area contributed by atoms with E-state index in [4.69, 9.17) is 0 Å². The summed E-state index contributed by atoms with van der Waals surface area (Å²) < 4.78 is 24.2. The molecule has 0 radical (unpaired) electrons. The molecular formula is C7H17N2O2PSW. The Morgan fingerprint density at radius 1 is 1.36 bits per heavy atom. The summed E-state index contributed by atoms with van der Waals surface area (Å²) in [5.41, 5.74) is 0. The van der Waals surface area contributed by atoms with Crippen molar-refractivity contribution in [2.45, 2.75) is 13.3 Å². The summed E-state index contributed by atoms with van der Waals surface area (Å²) >= 11 is 0. The zero-order valence-electron chi connectivity index (χ0n) is 8.51. The maximum Gasteiger partial charge on any atom is 0.236 e. The molecule has 0 saturated heterocycles. The normalized spacial score (nSPS) is 15.0. The molecule has 1 heterocycles. The van der Waals surface area contributed by atoms with Crippen LogP contribution >= 0.6 is 9.90 Å². The van der Waals surface area contributed by atoms with Crippen molar-refractivity contribution in [3.63, 3.8) is 0 Å². The topological polar surface area (TPSA) is 40.6 Å². The van der Waals surface area contributed by atoms with Crippen LogP contribution in [0.3, 0.4) is 0 Å². The van der Waals surface area contributed by atoms with Crippen LogP contribution in [-0.4, -0.2) is 37.1 Å². The third-order valence-corrected chi connectivity index (χ3v) is 3.55. The molecule has 1 unspecified atom stereocenters. The van der Waals surface area contributed by atoms with Gasteiger partial charge in [-0.3, -0.25) is 4.31 Å². The first-order chi connectivity index (χ1) is 5.56. The molecule has 14 heavy (non-hydrogen) atoms. The van der Waals surface area contributed by atoms with Crippen LogP contribution in [0.25, 0.3) is 0 Å². The predicted octanol–water partition coefficient (Wildman–Crippen LogP) is 0.458. The Morgan fingerprint density at radius 3 is 2.29 bits per heavy atom. The second-order valence-electron chi connectivity index (χ2n) is 2.90. The summed E-state index contributed by atoms with van der Waals surface area (Å²) in [6, 6.07) is 0. The Hall–Kier alpha value is 0.408. The van der Waals surface area contributed by atoms with E-state index in [2.05, 4.69) is 0 Å². The van der Waals surface area contributed by atoms with Gasteiger partial charge in [-0.1, -0.05) is 6.92 Å². The third kappa shape index (κ3) is 4.29. The fourth-order valence-corrected chi connectivity index (χ4v) is 2.41. The first kappa shape index (κ1) is 16.8. The summed E-state index contributed by atoms with van der Waals surface area (Å²) in [5, 5.41) is 0. The molecule has 0 aromatic carbocycles. The van der Waals surface area contributed by atoms with E-state index in [0.29, 0.717) is 13.1 Å². The minimum absolute atomic E-state index is 0. The van der Waals surface area contributed by atoms with Crippen molar-refractivity contribution in [3.05, 3.63) is 12.4 Å². The van der Waals surface area contributed by atoms with Crippen LogP contribution in [0.4, 0.5) is 0 Å². The Balaban J connectivity index is 0. The van der Waals surface area contributed by atoms with E-state index in [-0.39, 0.29) is 36.7 Å². The van der Waals surface area contributed by atoms with Crippen molar-refractivity contribution in [1.82, 2.24) is 9.21 Å². The van der Waals surface area contributed by atoms with Gasteiger partial charge in [0.2, 0.25) is 10.0 Å². The van der Waals surface area contributed by atoms with Crippen LogP contribution in [0.1, 0.15) is 13.3 Å². The van der Waals surface area contributed by atoms with Crippen molar-refractivity contribution in [2.24, 2.45) is 0 Å². The van der Waals surface area contributed by atoms with Gasteiger partial charge in [-0.15, -0.1) is 0 Å². The second-order valence-corrected chi connectivity index (χ2v) is 4.94. The fraction of sp³-hybridized carbons (Fsp3) is 0.714. The number of rotatable bonds is 3. The zero-order valence-corrected chi connectivity index (χ0v) is 13.7. The average molecular weight is 408 g/mol. The standard InChI is InChI=1S/C7H14N2O2S.H3P.W/c1-3-6-12(10,11)9-5-4-8(2)7-9;;/h4-5H,3,6-7H2,1-2H3;1H3;. The first-order valence-corrected chi connectivity index (χ1v) is 5.55. The molecule has 0 amide bonds. The number of hydrogen-bond donors (Lipinski definition) is 0. The molecule has 0 saturated carbocycles. The van der Waals surface area contributed by atoms with Crippen molar-refractivity contribution < 1.29 is 29.5 Å². The molecule has 1 atom stereocenters. The van der Waals surface area contributed by atoms with Gasteiger partial charge in [0.15, 0.2) is 0 Å². The van der Waals surface area contributed by atoms with Crippen LogP contribution < -0.4 is 0 Å². The second kappa shape index (κ2) is 6.81. The minimum atomic E-state index is -3.04. The zero-order chi connectivity index (χ0) is 9.19. The van der Waals surface area contributed by atoms with Gasteiger partial charge in [0.1, 0.15) is 6.67 Å². The molecule has 0 aromatic heterocycles. The van der Waals surface area contributed by atoms with Gasteiger partial charge in [0, 0.05) is 40.5 Å². The molecule has 0 fully saturated rings. The SMILES string of the molecule is CCCS(=O)(=O)N1C=CN(C)C1.P.[W]. The van der Waals surface area contributed by atoms with Crippen molar-refractivity contribution in [3.8, 4) is 0 Å². The van der Waals surface area contributed by atoms with Crippen molar-refractivity contribution in [2.75, 3.05) is 19.5 Å². The summed E-state index contributed by atoms with van der Waals surface area (Å²) in [6.45, 7) is 2.31. The van der Waals surface area contributed by atoms with Crippen molar-refractivity contribution >= 4 is 19.9 Å². The van der Waals surface area contributed by atoms with E-state index in [0.717, 1.165) is 0 Å². The van der Waals surface area contributed by atoms with E-state index in [9.17, 15) is 8.42 Å². The monoisotopic (exact) mass is 408 g/mol. The smallest absolute Gasteiger partial charge is 0.236 e. The summed E-state index contributed by atoms with van der Waals surface area (Å²) in [7, 11) is -1.19. The van der Waals surface area contributed by atoms with Gasteiger partial charge >= 0.3 is 0 Å². The van der Waals surface area contributed by atoms with Gasteiger partial charge in [0.05, 0.1) is 5.75 Å². The van der Waals surface area contributed by atoms with Crippen molar-refractivity contribution in [1.29, 1.82) is 0 Å². The molecule has 1 aliphatic heterocycles. The van der Waals surface area contributed by atoms with Crippen LogP contribution in [0.15, 0.2) is 12.4 Å². The average Bonchev–Trinajstić information content (AvgIpc) is 2.36. The van der Waals surface area contributed by atoms with E-state index in [1.54, 1.807) is 12.4 Å². The van der Waals surface area contributed by atoms with Gasteiger partial charge in [0.25, 0.3) is 0 Å². The summed E-state index contributed by atoms with van der Waals surface area (Å²) in [5.74, 6) is 0.227. The number of hydrogen-bond acceptors (Lipinski definition) is 3. The first-order valence-electron chi connectivity index (χ1n) is 3.94. The molecule has 7 heteroatoms. The maximum absolute atomic E-state index is 11.4. The van der Waals surface area contributed by atoms with E-state index in [1.165, 1.54) is 4.31 Å². The Kier molecular flexibility index (Phi) is 8.19. The van der Waals surface area contributed by atoms with Gasteiger partial charge in [-0.25, -0.2) is 8.42 Å². The summed E-state index contributed by atoms with van der Waals surface area (Å²) in [4.78, 5) is 1.83. The van der Waals surface area contributed by atoms with Crippen LogP contribution in [-0.2, 0) is 31.1 Å². The minimum Gasteiger partial charge on any atom is -0.361 e. The molecule has 4 nitrogen and oxygen atoms in total. The Bertz CT molecular complexity index is 281. The Labute approximate surface area is 104 Å². The largest absolute Gasteiger partial charge is 0.361 e. The third-order valence-electron chi connectivity index (χ3n) is 1.67. The van der Waals surface area contributed by atoms with Crippen LogP contribution in [0, 0.1) is 0 Å². The van der Waals surface area contributed by atoms with E-state index < -0.39 is 10.0 Å². The van der Waals surface area contributed by atoms with Crippen LogP contribution in [0.2, 0.25) is 0 Å². The molecule has 0 bridgehead atoms. The molecular weight excluding hydrogens is 391 g/mol. The molecule has 1 rings (SSSR count). The van der Waals surface area contributed by atoms with E-state index in [1.807, 2.05) is 18.9 Å². The Morgan fingerprint density at radius 2 is 1.93 bits per heavy atom. The summed E-state index contributed by atoms with van der Waals surface area (Å²) in [6.07, 6.45) is 4.02. The van der Waals surface area contributed by atoms with E-state index >= 15 is 0 Å². The number of sulfonamides is 1.